The summed E-state index contributed by atoms with van der Waals surface area (Å²) in [5, 5.41) is 11.8. The molecule has 4 N–H and O–H groups in total. The highest BCUT2D eigenvalue weighted by atomic mass is 32.2. The maximum absolute atomic E-state index is 11.7. The fraction of sp³-hybridized carbons (Fsp3) is 0.214. The number of carbonyl (C=O) groups excluding carboxylic acids is 3. The molecule has 1 aromatic carbocycles. The minimum Gasteiger partial charge on any atom is -0.497 e. The molecule has 1 atom stereocenters. The van der Waals surface area contributed by atoms with Crippen molar-refractivity contribution in [2.45, 2.75) is 11.7 Å². The van der Waals surface area contributed by atoms with Gasteiger partial charge in [-0.2, -0.15) is 5.10 Å². The molecule has 0 bridgehead atoms. The van der Waals surface area contributed by atoms with Gasteiger partial charge >= 0.3 is 6.03 Å². The number of urea groups is 1. The number of hydrogen-bond acceptors (Lipinski definition) is 7. The lowest BCUT2D eigenvalue weighted by Gasteiger charge is -2.03. The molecule has 9 nitrogen and oxygen atoms in total. The number of ether oxygens (including phenoxy) is 1. The molecule has 1 heterocycles. The molecular weight excluding hydrogens is 334 g/mol. The zero-order chi connectivity index (χ0) is 17.5. The van der Waals surface area contributed by atoms with Crippen molar-refractivity contribution in [1.82, 2.24) is 10.6 Å². The second kappa shape index (κ2) is 8.11. The molecule has 2 rings (SSSR count). The second-order valence-corrected chi connectivity index (χ2v) is 5.83. The molecule has 1 saturated heterocycles. The van der Waals surface area contributed by atoms with Crippen LogP contribution in [-0.2, 0) is 9.59 Å². The van der Waals surface area contributed by atoms with Crippen molar-refractivity contribution in [3.63, 3.8) is 0 Å². The SMILES string of the molecule is COc1ccc(/C=N\N=C2/NC(=O)[C@H](CC(=O)NC(N)=O)S2)cc1. The molecular formula is C14H15N5O4S. The van der Waals surface area contributed by atoms with Gasteiger partial charge in [0.05, 0.1) is 13.3 Å². The molecule has 0 aliphatic carbocycles. The normalized spacial score (nSPS) is 18.6. The van der Waals surface area contributed by atoms with Gasteiger partial charge in [-0.25, -0.2) is 4.79 Å². The molecule has 1 aromatic rings. The molecule has 1 aliphatic rings. The van der Waals surface area contributed by atoms with E-state index in [9.17, 15) is 14.4 Å². The topological polar surface area (TPSA) is 135 Å². The number of primary amides is 1. The van der Waals surface area contributed by atoms with Crippen LogP contribution in [-0.4, -0.2) is 41.6 Å². The molecule has 126 valence electrons. The summed E-state index contributed by atoms with van der Waals surface area (Å²) in [6, 6.07) is 6.23. The minimum absolute atomic E-state index is 0.180. The maximum Gasteiger partial charge on any atom is 0.318 e. The molecule has 0 radical (unpaired) electrons. The van der Waals surface area contributed by atoms with E-state index in [0.717, 1.165) is 23.1 Å². The van der Waals surface area contributed by atoms with Crippen LogP contribution < -0.4 is 21.1 Å². The number of carbonyl (C=O) groups is 3. The summed E-state index contributed by atoms with van der Waals surface area (Å²) in [6.45, 7) is 0. The van der Waals surface area contributed by atoms with Crippen LogP contribution in [0, 0.1) is 0 Å². The van der Waals surface area contributed by atoms with Crippen LogP contribution in [0.3, 0.4) is 0 Å². The number of amides is 4. The number of benzene rings is 1. The summed E-state index contributed by atoms with van der Waals surface area (Å²) in [6.07, 6.45) is 1.34. The van der Waals surface area contributed by atoms with Crippen LogP contribution in [0.5, 0.6) is 5.75 Å². The molecule has 0 spiro atoms. The molecule has 1 fully saturated rings. The van der Waals surface area contributed by atoms with Gasteiger partial charge in [0, 0.05) is 6.42 Å². The van der Waals surface area contributed by atoms with Crippen molar-refractivity contribution in [1.29, 1.82) is 0 Å². The molecule has 1 aliphatic heterocycles. The predicted octanol–water partition coefficient (Wildman–Crippen LogP) is 0.202. The zero-order valence-corrected chi connectivity index (χ0v) is 13.5. The van der Waals surface area contributed by atoms with Gasteiger partial charge in [0.15, 0.2) is 5.17 Å². The number of nitrogens with one attached hydrogen (secondary N) is 2. The number of amidine groups is 1. The fourth-order valence-corrected chi connectivity index (χ4v) is 2.71. The summed E-state index contributed by atoms with van der Waals surface area (Å²) in [5.41, 5.74) is 5.65. The van der Waals surface area contributed by atoms with Gasteiger partial charge in [0.2, 0.25) is 11.8 Å². The van der Waals surface area contributed by atoms with Crippen LogP contribution in [0.4, 0.5) is 4.79 Å². The lowest BCUT2D eigenvalue weighted by molar-refractivity contribution is -0.124. The first-order valence-electron chi connectivity index (χ1n) is 6.80. The number of rotatable bonds is 5. The number of hydrogen-bond donors (Lipinski definition) is 3. The first-order chi connectivity index (χ1) is 11.5. The van der Waals surface area contributed by atoms with Crippen molar-refractivity contribution >= 4 is 41.0 Å². The summed E-state index contributed by atoms with van der Waals surface area (Å²) in [5.74, 6) is -0.273. The lowest BCUT2D eigenvalue weighted by atomic mass is 10.2. The van der Waals surface area contributed by atoms with Crippen molar-refractivity contribution in [3.05, 3.63) is 29.8 Å². The van der Waals surface area contributed by atoms with Gasteiger partial charge < -0.3 is 15.8 Å². The summed E-state index contributed by atoms with van der Waals surface area (Å²) >= 11 is 1.06. The van der Waals surface area contributed by atoms with Crippen molar-refractivity contribution in [2.24, 2.45) is 15.9 Å². The van der Waals surface area contributed by atoms with Gasteiger partial charge in [-0.3, -0.25) is 14.9 Å². The Morgan fingerprint density at radius 1 is 1.42 bits per heavy atom. The van der Waals surface area contributed by atoms with Crippen LogP contribution in [0.25, 0.3) is 0 Å². The highest BCUT2D eigenvalue weighted by molar-refractivity contribution is 8.15. The Hall–Kier alpha value is -2.88. The maximum atomic E-state index is 11.7. The van der Waals surface area contributed by atoms with E-state index in [2.05, 4.69) is 15.5 Å². The monoisotopic (exact) mass is 349 g/mol. The molecule has 0 aromatic heterocycles. The lowest BCUT2D eigenvalue weighted by Crippen LogP contribution is -2.37. The van der Waals surface area contributed by atoms with Gasteiger partial charge in [-0.15, -0.1) is 5.10 Å². The van der Waals surface area contributed by atoms with Crippen molar-refractivity contribution in [3.8, 4) is 5.75 Å². The van der Waals surface area contributed by atoms with Crippen LogP contribution in [0.15, 0.2) is 34.5 Å². The summed E-state index contributed by atoms with van der Waals surface area (Å²) in [7, 11) is 1.58. The molecule has 10 heteroatoms. The largest absolute Gasteiger partial charge is 0.497 e. The van der Waals surface area contributed by atoms with Crippen LogP contribution in [0.2, 0.25) is 0 Å². The second-order valence-electron chi connectivity index (χ2n) is 4.64. The van der Waals surface area contributed by atoms with Gasteiger partial charge in [0.1, 0.15) is 11.0 Å². The van der Waals surface area contributed by atoms with E-state index in [1.165, 1.54) is 6.21 Å². The van der Waals surface area contributed by atoms with E-state index >= 15 is 0 Å². The Balaban J connectivity index is 1.91. The Bertz CT molecular complexity index is 702. The average Bonchev–Trinajstić information content (AvgIpc) is 2.87. The van der Waals surface area contributed by atoms with Crippen molar-refractivity contribution < 1.29 is 19.1 Å². The highest BCUT2D eigenvalue weighted by Crippen LogP contribution is 2.22. The number of nitrogens with zero attached hydrogens (tertiary/aromatic N) is 2. The first-order valence-corrected chi connectivity index (χ1v) is 7.68. The highest BCUT2D eigenvalue weighted by Gasteiger charge is 2.32. The predicted molar refractivity (Wildman–Crippen MR) is 89.9 cm³/mol. The number of imide groups is 1. The minimum atomic E-state index is -0.957. The van der Waals surface area contributed by atoms with Gasteiger partial charge in [0.25, 0.3) is 0 Å². The van der Waals surface area contributed by atoms with E-state index in [-0.39, 0.29) is 17.5 Å². The molecule has 0 saturated carbocycles. The molecule has 0 unspecified atom stereocenters. The number of thioether (sulfide) groups is 1. The zero-order valence-electron chi connectivity index (χ0n) is 12.7. The number of methoxy groups -OCH3 is 1. The van der Waals surface area contributed by atoms with E-state index < -0.39 is 17.2 Å². The third kappa shape index (κ3) is 5.09. The van der Waals surface area contributed by atoms with Gasteiger partial charge in [-0.05, 0) is 29.8 Å². The third-order valence-corrected chi connectivity index (χ3v) is 3.95. The molecule has 4 amide bonds. The standard InChI is InChI=1S/C14H15N5O4S/c1-23-9-4-2-8(3-5-9)7-16-19-14-18-12(21)10(24-14)6-11(20)17-13(15)22/h2-5,7,10H,6H2,1H3,(H,18,19,21)(H3,15,17,20,22)/b16-7-/t10-/m0/s1. The number of nitrogens with two attached hydrogens (primary N) is 1. The fourth-order valence-electron chi connectivity index (χ4n) is 1.78. The summed E-state index contributed by atoms with van der Waals surface area (Å²) in [4.78, 5) is 33.7. The smallest absolute Gasteiger partial charge is 0.318 e. The Morgan fingerprint density at radius 3 is 2.75 bits per heavy atom. The molecule has 24 heavy (non-hydrogen) atoms. The van der Waals surface area contributed by atoms with Crippen LogP contribution >= 0.6 is 11.8 Å². The van der Waals surface area contributed by atoms with E-state index in [1.54, 1.807) is 31.4 Å². The summed E-state index contributed by atoms with van der Waals surface area (Å²) < 4.78 is 5.05. The first kappa shape index (κ1) is 17.5. The van der Waals surface area contributed by atoms with E-state index in [4.69, 9.17) is 10.5 Å². The average molecular weight is 349 g/mol. The Kier molecular flexibility index (Phi) is 5.90. The van der Waals surface area contributed by atoms with E-state index in [1.807, 2.05) is 5.32 Å². The quantitative estimate of drug-likeness (QED) is 0.515. The van der Waals surface area contributed by atoms with E-state index in [0.29, 0.717) is 0 Å². The Labute approximate surface area is 141 Å². The van der Waals surface area contributed by atoms with Crippen molar-refractivity contribution in [2.75, 3.05) is 7.11 Å². The Morgan fingerprint density at radius 2 is 2.12 bits per heavy atom. The third-order valence-electron chi connectivity index (χ3n) is 2.88. The van der Waals surface area contributed by atoms with Gasteiger partial charge in [-0.1, -0.05) is 11.8 Å². The van der Waals surface area contributed by atoms with Crippen LogP contribution in [0.1, 0.15) is 12.0 Å².